The Morgan fingerprint density at radius 2 is 2.50 bits per heavy atom. The van der Waals surface area contributed by atoms with Crippen LogP contribution in [0.4, 0.5) is 0 Å². The molecule has 0 spiro atoms. The molecule has 0 aromatic carbocycles. The first-order chi connectivity index (χ1) is 4.66. The molecule has 3 nitrogen and oxygen atoms in total. The third-order valence-corrected chi connectivity index (χ3v) is 1.93. The first-order valence-electron chi connectivity index (χ1n) is 3.44. The smallest absolute Gasteiger partial charge is 0.0915 e. The Balaban J connectivity index is 2.48. The lowest BCUT2D eigenvalue weighted by atomic mass is 10.0. The van der Waals surface area contributed by atoms with Gasteiger partial charge in [-0.3, -0.25) is 0 Å². The van der Waals surface area contributed by atoms with Crippen LogP contribution in [0.1, 0.15) is 12.8 Å². The summed E-state index contributed by atoms with van der Waals surface area (Å²) in [6, 6.07) is 1.99. The highest BCUT2D eigenvalue weighted by Gasteiger charge is 2.33. The molecule has 1 saturated heterocycles. The van der Waals surface area contributed by atoms with E-state index in [4.69, 9.17) is 5.26 Å². The van der Waals surface area contributed by atoms with E-state index in [2.05, 4.69) is 0 Å². The number of likely N-dealkylation sites (tertiary alicyclic amines) is 1. The van der Waals surface area contributed by atoms with Gasteiger partial charge < -0.3 is 10.0 Å². The zero-order chi connectivity index (χ0) is 7.61. The Bertz CT molecular complexity index is 163. The SMILES string of the molecule is CN1CCC(O)(CC#N)C1. The first-order valence-corrected chi connectivity index (χ1v) is 3.44. The number of rotatable bonds is 1. The maximum absolute atomic E-state index is 9.60. The van der Waals surface area contributed by atoms with Crippen LogP contribution >= 0.6 is 0 Å². The molecule has 1 heterocycles. The number of hydrogen-bond donors (Lipinski definition) is 1. The lowest BCUT2D eigenvalue weighted by molar-refractivity contribution is 0.0568. The summed E-state index contributed by atoms with van der Waals surface area (Å²) in [6.45, 7) is 1.54. The Morgan fingerprint density at radius 3 is 2.90 bits per heavy atom. The van der Waals surface area contributed by atoms with Crippen LogP contribution in [0.15, 0.2) is 0 Å². The van der Waals surface area contributed by atoms with E-state index in [1.54, 1.807) is 0 Å². The quantitative estimate of drug-likeness (QED) is 0.556. The number of hydrogen-bond acceptors (Lipinski definition) is 3. The molecule has 1 aliphatic heterocycles. The minimum Gasteiger partial charge on any atom is -0.387 e. The highest BCUT2D eigenvalue weighted by Crippen LogP contribution is 2.22. The van der Waals surface area contributed by atoms with Crippen molar-refractivity contribution in [2.45, 2.75) is 18.4 Å². The normalized spacial score (nSPS) is 34.1. The molecule has 56 valence electrons. The van der Waals surface area contributed by atoms with Crippen LogP contribution in [0, 0.1) is 11.3 Å². The largest absolute Gasteiger partial charge is 0.387 e. The molecule has 1 N–H and O–H groups in total. The van der Waals surface area contributed by atoms with Gasteiger partial charge in [-0.2, -0.15) is 5.26 Å². The van der Waals surface area contributed by atoms with Crippen molar-refractivity contribution in [2.75, 3.05) is 20.1 Å². The number of nitriles is 1. The van der Waals surface area contributed by atoms with Crippen molar-refractivity contribution in [2.24, 2.45) is 0 Å². The van der Waals surface area contributed by atoms with E-state index in [9.17, 15) is 5.11 Å². The predicted molar refractivity (Wildman–Crippen MR) is 37.3 cm³/mol. The Labute approximate surface area is 60.9 Å². The van der Waals surface area contributed by atoms with Gasteiger partial charge in [-0.05, 0) is 13.5 Å². The van der Waals surface area contributed by atoms with E-state index in [1.807, 2.05) is 18.0 Å². The number of likely N-dealkylation sites (N-methyl/N-ethyl adjacent to an activating group) is 1. The van der Waals surface area contributed by atoms with Crippen LogP contribution in [0.2, 0.25) is 0 Å². The Hall–Kier alpha value is -0.590. The third kappa shape index (κ3) is 1.47. The molecular formula is C7H12N2O. The molecule has 0 radical (unpaired) electrons. The van der Waals surface area contributed by atoms with Crippen LogP contribution in [0.25, 0.3) is 0 Å². The average molecular weight is 140 g/mol. The fourth-order valence-electron chi connectivity index (χ4n) is 1.35. The van der Waals surface area contributed by atoms with Crippen molar-refractivity contribution < 1.29 is 5.11 Å². The van der Waals surface area contributed by atoms with Crippen LogP contribution in [-0.4, -0.2) is 35.7 Å². The summed E-state index contributed by atoms with van der Waals surface area (Å²) in [5.41, 5.74) is -0.719. The van der Waals surface area contributed by atoms with E-state index in [0.29, 0.717) is 6.54 Å². The summed E-state index contributed by atoms with van der Waals surface area (Å²) < 4.78 is 0. The average Bonchev–Trinajstić information content (AvgIpc) is 2.12. The summed E-state index contributed by atoms with van der Waals surface area (Å²) in [5.74, 6) is 0. The summed E-state index contributed by atoms with van der Waals surface area (Å²) in [7, 11) is 1.95. The Morgan fingerprint density at radius 1 is 1.80 bits per heavy atom. The van der Waals surface area contributed by atoms with Gasteiger partial charge in [-0.25, -0.2) is 0 Å². The van der Waals surface area contributed by atoms with Crippen molar-refractivity contribution in [3.8, 4) is 6.07 Å². The number of nitrogens with zero attached hydrogens (tertiary/aromatic N) is 2. The highest BCUT2D eigenvalue weighted by molar-refractivity contribution is 4.95. The van der Waals surface area contributed by atoms with E-state index >= 15 is 0 Å². The molecule has 1 aliphatic rings. The van der Waals surface area contributed by atoms with Crippen molar-refractivity contribution in [3.63, 3.8) is 0 Å². The Kier molecular flexibility index (Phi) is 1.93. The molecule has 0 aromatic heterocycles. The van der Waals surface area contributed by atoms with Gasteiger partial charge in [-0.15, -0.1) is 0 Å². The van der Waals surface area contributed by atoms with Gasteiger partial charge in [0.25, 0.3) is 0 Å². The van der Waals surface area contributed by atoms with Crippen molar-refractivity contribution in [3.05, 3.63) is 0 Å². The fourth-order valence-corrected chi connectivity index (χ4v) is 1.35. The summed E-state index contributed by atoms with van der Waals surface area (Å²) >= 11 is 0. The number of β-amino-alcohol motifs (C(OH)–C–C–N with tert-alkyl or cyclic N) is 1. The minimum atomic E-state index is -0.719. The second-order valence-corrected chi connectivity index (χ2v) is 3.05. The summed E-state index contributed by atoms with van der Waals surface area (Å²) in [4.78, 5) is 2.04. The van der Waals surface area contributed by atoms with Gasteiger partial charge in [0.2, 0.25) is 0 Å². The highest BCUT2D eigenvalue weighted by atomic mass is 16.3. The van der Waals surface area contributed by atoms with Gasteiger partial charge in [-0.1, -0.05) is 0 Å². The molecule has 0 saturated carbocycles. The van der Waals surface area contributed by atoms with Crippen LogP contribution < -0.4 is 0 Å². The fraction of sp³-hybridized carbons (Fsp3) is 0.857. The second kappa shape index (κ2) is 2.57. The topological polar surface area (TPSA) is 47.3 Å². The minimum absolute atomic E-state index is 0.261. The van der Waals surface area contributed by atoms with Crippen molar-refractivity contribution >= 4 is 0 Å². The van der Waals surface area contributed by atoms with Gasteiger partial charge >= 0.3 is 0 Å². The van der Waals surface area contributed by atoms with Crippen molar-refractivity contribution in [1.82, 2.24) is 4.90 Å². The molecule has 10 heavy (non-hydrogen) atoms. The molecule has 1 fully saturated rings. The van der Waals surface area contributed by atoms with Crippen LogP contribution in [0.5, 0.6) is 0 Å². The lowest BCUT2D eigenvalue weighted by Crippen LogP contribution is -2.31. The van der Waals surface area contributed by atoms with Gasteiger partial charge in [0.15, 0.2) is 0 Å². The maximum atomic E-state index is 9.60. The first kappa shape index (κ1) is 7.52. The van der Waals surface area contributed by atoms with Crippen LogP contribution in [0.3, 0.4) is 0 Å². The van der Waals surface area contributed by atoms with E-state index < -0.39 is 5.60 Å². The van der Waals surface area contributed by atoms with E-state index in [0.717, 1.165) is 13.0 Å². The zero-order valence-electron chi connectivity index (χ0n) is 6.17. The lowest BCUT2D eigenvalue weighted by Gasteiger charge is -2.17. The molecule has 0 aliphatic carbocycles. The monoisotopic (exact) mass is 140 g/mol. The van der Waals surface area contributed by atoms with E-state index in [1.165, 1.54) is 0 Å². The molecular weight excluding hydrogens is 128 g/mol. The second-order valence-electron chi connectivity index (χ2n) is 3.05. The molecule has 0 bridgehead atoms. The van der Waals surface area contributed by atoms with E-state index in [-0.39, 0.29) is 6.42 Å². The standard InChI is InChI=1S/C7H12N2O/c1-9-5-3-7(10,6-9)2-4-8/h10H,2-3,5-6H2,1H3. The maximum Gasteiger partial charge on any atom is 0.0915 e. The van der Waals surface area contributed by atoms with Gasteiger partial charge in [0.05, 0.1) is 18.1 Å². The van der Waals surface area contributed by atoms with Crippen molar-refractivity contribution in [1.29, 1.82) is 5.26 Å². The summed E-state index contributed by atoms with van der Waals surface area (Å²) in [5, 5.41) is 17.9. The molecule has 1 atom stereocenters. The molecule has 1 rings (SSSR count). The third-order valence-electron chi connectivity index (χ3n) is 1.93. The molecule has 3 heteroatoms. The van der Waals surface area contributed by atoms with Gasteiger partial charge in [0.1, 0.15) is 0 Å². The zero-order valence-corrected chi connectivity index (χ0v) is 6.17. The summed E-state index contributed by atoms with van der Waals surface area (Å²) in [6.07, 6.45) is 0.994. The molecule has 0 amide bonds. The predicted octanol–water partition coefficient (Wildman–Crippen LogP) is -0.0333. The van der Waals surface area contributed by atoms with Crippen LogP contribution in [-0.2, 0) is 0 Å². The molecule has 0 aromatic rings. The van der Waals surface area contributed by atoms with Gasteiger partial charge in [0, 0.05) is 13.1 Å². The number of aliphatic hydroxyl groups is 1. The molecule has 1 unspecified atom stereocenters.